The van der Waals surface area contributed by atoms with Crippen LogP contribution in [0.4, 0.5) is 0 Å². The second-order valence-electron chi connectivity index (χ2n) is 18.8. The number of esters is 3. The zero-order valence-electron chi connectivity index (χ0n) is 48.6. The average Bonchev–Trinajstić information content (AvgIpc) is 3.43. The van der Waals surface area contributed by atoms with E-state index in [1.807, 2.05) is 0 Å². The Morgan fingerprint density at radius 1 is 0.260 bits per heavy atom. The molecule has 0 heterocycles. The molecule has 0 spiro atoms. The van der Waals surface area contributed by atoms with E-state index < -0.39 is 6.10 Å². The topological polar surface area (TPSA) is 78.9 Å². The molecule has 0 saturated carbocycles. The zero-order valence-corrected chi connectivity index (χ0v) is 48.6. The minimum absolute atomic E-state index is 0.132. The first kappa shape index (κ1) is 71.2. The number of hydrogen-bond donors (Lipinski definition) is 0. The first-order chi connectivity index (χ1) is 38.0. The third-order valence-electron chi connectivity index (χ3n) is 11.6. The van der Waals surface area contributed by atoms with Crippen molar-refractivity contribution in [2.45, 2.75) is 219 Å². The van der Waals surface area contributed by atoms with Gasteiger partial charge in [0.2, 0.25) is 0 Å². The minimum atomic E-state index is -0.839. The van der Waals surface area contributed by atoms with Crippen molar-refractivity contribution in [1.82, 2.24) is 0 Å². The maximum absolute atomic E-state index is 12.9. The van der Waals surface area contributed by atoms with Crippen molar-refractivity contribution >= 4 is 17.9 Å². The monoisotopic (exact) mass is 1050 g/mol. The van der Waals surface area contributed by atoms with Crippen LogP contribution < -0.4 is 0 Å². The first-order valence-corrected chi connectivity index (χ1v) is 29.9. The van der Waals surface area contributed by atoms with Crippen LogP contribution >= 0.6 is 0 Å². The molecule has 0 amide bonds. The molecule has 1 atom stereocenters. The zero-order chi connectivity index (χ0) is 55.7. The second kappa shape index (κ2) is 62.8. The predicted molar refractivity (Wildman–Crippen MR) is 334 cm³/mol. The molecule has 0 aliphatic rings. The molecule has 0 aliphatic carbocycles. The molecule has 0 aromatic heterocycles. The number of ether oxygens (including phenoxy) is 3. The molecule has 426 valence electrons. The number of allylic oxidation sites excluding steroid dienone is 32. The Balaban J connectivity index is 4.53. The molecule has 0 N–H and O–H groups in total. The minimum Gasteiger partial charge on any atom is -0.462 e. The molecule has 0 bridgehead atoms. The van der Waals surface area contributed by atoms with Crippen molar-refractivity contribution in [2.75, 3.05) is 13.2 Å². The van der Waals surface area contributed by atoms with E-state index in [1.54, 1.807) is 0 Å². The van der Waals surface area contributed by atoms with E-state index in [2.05, 4.69) is 215 Å². The maximum atomic E-state index is 12.9. The van der Waals surface area contributed by atoms with E-state index in [-0.39, 0.29) is 44.0 Å². The largest absolute Gasteiger partial charge is 0.462 e. The van der Waals surface area contributed by atoms with Gasteiger partial charge in [-0.25, -0.2) is 0 Å². The molecular weight excluding hydrogens is 949 g/mol. The van der Waals surface area contributed by atoms with Gasteiger partial charge in [0.05, 0.1) is 0 Å². The Bertz CT molecular complexity index is 1880. The number of carbonyl (C=O) groups is 3. The van der Waals surface area contributed by atoms with Crippen LogP contribution in [-0.4, -0.2) is 37.2 Å². The molecular formula is C71H106O6. The lowest BCUT2D eigenvalue weighted by Crippen LogP contribution is -2.30. The van der Waals surface area contributed by atoms with E-state index >= 15 is 0 Å². The third kappa shape index (κ3) is 61.0. The first-order valence-electron chi connectivity index (χ1n) is 29.9. The van der Waals surface area contributed by atoms with Gasteiger partial charge in [0.25, 0.3) is 0 Å². The highest BCUT2D eigenvalue weighted by atomic mass is 16.6. The number of unbranched alkanes of at least 4 members (excludes halogenated alkanes) is 8. The van der Waals surface area contributed by atoms with Crippen molar-refractivity contribution < 1.29 is 28.6 Å². The van der Waals surface area contributed by atoms with Crippen LogP contribution in [0.15, 0.2) is 194 Å². The Hall–Kier alpha value is -5.75. The fourth-order valence-corrected chi connectivity index (χ4v) is 7.21. The van der Waals surface area contributed by atoms with Gasteiger partial charge >= 0.3 is 17.9 Å². The molecule has 0 aromatic carbocycles. The maximum Gasteiger partial charge on any atom is 0.306 e. The van der Waals surface area contributed by atoms with Crippen molar-refractivity contribution in [1.29, 1.82) is 0 Å². The van der Waals surface area contributed by atoms with Gasteiger partial charge in [-0.1, -0.05) is 234 Å². The quantitative estimate of drug-likeness (QED) is 0.0261. The lowest BCUT2D eigenvalue weighted by molar-refractivity contribution is -0.167. The molecule has 0 radical (unpaired) electrons. The summed E-state index contributed by atoms with van der Waals surface area (Å²) in [6, 6.07) is 0. The van der Waals surface area contributed by atoms with Gasteiger partial charge < -0.3 is 14.2 Å². The molecule has 0 aliphatic heterocycles. The number of carbonyl (C=O) groups excluding carboxylic acids is 3. The van der Waals surface area contributed by atoms with Crippen LogP contribution in [0.5, 0.6) is 0 Å². The summed E-state index contributed by atoms with van der Waals surface area (Å²) < 4.78 is 16.8. The van der Waals surface area contributed by atoms with Crippen LogP contribution in [0.1, 0.15) is 213 Å². The molecule has 0 rings (SSSR count). The van der Waals surface area contributed by atoms with E-state index in [0.717, 1.165) is 161 Å². The highest BCUT2D eigenvalue weighted by Crippen LogP contribution is 2.11. The Morgan fingerprint density at radius 2 is 0.481 bits per heavy atom. The molecule has 6 nitrogen and oxygen atoms in total. The summed E-state index contributed by atoms with van der Waals surface area (Å²) in [5.41, 5.74) is 0. The fourth-order valence-electron chi connectivity index (χ4n) is 7.21. The summed E-state index contributed by atoms with van der Waals surface area (Å²) in [4.78, 5) is 38.2. The van der Waals surface area contributed by atoms with E-state index in [1.165, 1.54) is 0 Å². The highest BCUT2D eigenvalue weighted by Gasteiger charge is 2.19. The predicted octanol–water partition coefficient (Wildman–Crippen LogP) is 20.6. The SMILES string of the molecule is CC/C=C\C/C=C\C/C=C\C/C=C\C/C=C\C/C=C\C/C=C\C/C=C\C/C=C\CCCC(=O)OCC(COC(=O)CCCCC/C=C\C/C=C\C/C=C\CC)OC(=O)CCCCCC/C=C\C/C=C\C/C=C\C/C=C\CC. The normalized spacial score (nSPS) is 13.5. The van der Waals surface area contributed by atoms with Crippen LogP contribution in [-0.2, 0) is 28.6 Å². The van der Waals surface area contributed by atoms with Crippen molar-refractivity contribution in [3.05, 3.63) is 194 Å². The summed E-state index contributed by atoms with van der Waals surface area (Å²) >= 11 is 0. The third-order valence-corrected chi connectivity index (χ3v) is 11.6. The molecule has 0 fully saturated rings. The van der Waals surface area contributed by atoms with E-state index in [4.69, 9.17) is 14.2 Å². The smallest absolute Gasteiger partial charge is 0.306 e. The van der Waals surface area contributed by atoms with Crippen LogP contribution in [0.3, 0.4) is 0 Å². The highest BCUT2D eigenvalue weighted by molar-refractivity contribution is 5.71. The van der Waals surface area contributed by atoms with Gasteiger partial charge in [-0.05, 0) is 154 Å². The van der Waals surface area contributed by atoms with Crippen molar-refractivity contribution in [2.24, 2.45) is 0 Å². The van der Waals surface area contributed by atoms with E-state index in [0.29, 0.717) is 19.3 Å². The fraction of sp³-hybridized carbons (Fsp3) is 0.507. The van der Waals surface area contributed by atoms with E-state index in [9.17, 15) is 14.4 Å². The molecule has 77 heavy (non-hydrogen) atoms. The Kier molecular flexibility index (Phi) is 58.1. The molecule has 0 aromatic rings. The van der Waals surface area contributed by atoms with Crippen LogP contribution in [0.25, 0.3) is 0 Å². The number of rotatable bonds is 51. The standard InChI is InChI=1S/C71H106O6/c1-4-7-10-13-16-19-22-25-27-29-30-31-32-33-34-35-36-37-38-39-40-42-43-46-49-52-55-58-61-64-70(73)76-67-68(66-75-69(72)63-60-57-54-51-48-45-24-21-18-15-12-9-6-3)77-71(74)65-62-59-56-53-50-47-44-41-28-26-23-20-17-14-11-8-5-2/h7-12,16-21,25-28,30-31,33-34,36-37,39-40,43-48,52,55,68H,4-6,13-15,22-24,29,32,35,38,41-42,49-51,53-54,56-67H2,1-3H3/b10-7-,11-8-,12-9-,19-16-,20-17-,21-18-,27-25-,28-26-,31-30-,34-33-,37-36-,40-39-,46-43-,47-44-,48-45-,55-52-. The summed E-state index contributed by atoms with van der Waals surface area (Å²) in [5.74, 6) is -1.06. The Labute approximate surface area is 471 Å². The van der Waals surface area contributed by atoms with Gasteiger partial charge in [-0.3, -0.25) is 14.4 Å². The lowest BCUT2D eigenvalue weighted by atomic mass is 10.1. The molecule has 0 saturated heterocycles. The lowest BCUT2D eigenvalue weighted by Gasteiger charge is -2.18. The summed E-state index contributed by atoms with van der Waals surface area (Å²) in [6.45, 7) is 6.17. The van der Waals surface area contributed by atoms with Gasteiger partial charge in [0.15, 0.2) is 6.10 Å². The van der Waals surface area contributed by atoms with Gasteiger partial charge in [-0.15, -0.1) is 0 Å². The average molecular weight is 1060 g/mol. The summed E-state index contributed by atoms with van der Waals surface area (Å²) in [6.07, 6.45) is 95.8. The Morgan fingerprint density at radius 3 is 0.779 bits per heavy atom. The van der Waals surface area contributed by atoms with Gasteiger partial charge in [0, 0.05) is 19.3 Å². The van der Waals surface area contributed by atoms with Crippen LogP contribution in [0.2, 0.25) is 0 Å². The molecule has 1 unspecified atom stereocenters. The molecule has 6 heteroatoms. The van der Waals surface area contributed by atoms with Crippen molar-refractivity contribution in [3.63, 3.8) is 0 Å². The van der Waals surface area contributed by atoms with Gasteiger partial charge in [0.1, 0.15) is 13.2 Å². The van der Waals surface area contributed by atoms with Crippen LogP contribution in [0, 0.1) is 0 Å². The second-order valence-corrected chi connectivity index (χ2v) is 18.8. The van der Waals surface area contributed by atoms with Crippen molar-refractivity contribution in [3.8, 4) is 0 Å². The summed E-state index contributed by atoms with van der Waals surface area (Å²) in [7, 11) is 0. The van der Waals surface area contributed by atoms with Gasteiger partial charge in [-0.2, -0.15) is 0 Å². The number of hydrogen-bond acceptors (Lipinski definition) is 6. The summed E-state index contributed by atoms with van der Waals surface area (Å²) in [5, 5.41) is 0.